The van der Waals surface area contributed by atoms with E-state index in [1.165, 1.54) is 0 Å². The van der Waals surface area contributed by atoms with Gasteiger partial charge in [0.25, 0.3) is 0 Å². The largest absolute Gasteiger partial charge is 0.493 e. The number of rotatable bonds is 6. The fourth-order valence-corrected chi connectivity index (χ4v) is 5.26. The van der Waals surface area contributed by atoms with Crippen LogP contribution in [-0.2, 0) is 16.0 Å². The van der Waals surface area contributed by atoms with E-state index in [4.69, 9.17) is 19.4 Å². The third-order valence-electron chi connectivity index (χ3n) is 6.84. The van der Waals surface area contributed by atoms with Crippen LogP contribution in [0.2, 0.25) is 0 Å². The van der Waals surface area contributed by atoms with Crippen LogP contribution < -0.4 is 4.74 Å². The van der Waals surface area contributed by atoms with E-state index in [1.54, 1.807) is 25.5 Å². The van der Waals surface area contributed by atoms with E-state index in [9.17, 15) is 9.90 Å². The Labute approximate surface area is 219 Å². The molecular formula is C31H25N3O4. The Kier molecular flexibility index (Phi) is 5.76. The van der Waals surface area contributed by atoms with Gasteiger partial charge in [-0.2, -0.15) is 0 Å². The number of aryl methyl sites for hydroxylation is 1. The highest BCUT2D eigenvalue weighted by Crippen LogP contribution is 2.44. The number of pyridine rings is 3. The molecule has 5 aromatic rings. The van der Waals surface area contributed by atoms with E-state index >= 15 is 0 Å². The Morgan fingerprint density at radius 1 is 1.16 bits per heavy atom. The number of carboxylic acid groups (broad SMARTS) is 1. The molecule has 0 unspecified atom stereocenters. The normalized spacial score (nSPS) is 13.2. The highest BCUT2D eigenvalue weighted by molar-refractivity contribution is 6.08. The van der Waals surface area contributed by atoms with Gasteiger partial charge in [0, 0.05) is 58.0 Å². The second-order valence-electron chi connectivity index (χ2n) is 9.43. The topological polar surface area (TPSA) is 94.4 Å². The molecule has 188 valence electrons. The zero-order valence-electron chi connectivity index (χ0n) is 21.1. The first-order chi connectivity index (χ1) is 18.4. The lowest BCUT2D eigenvalue weighted by atomic mass is 9.86. The van der Waals surface area contributed by atoms with Crippen LogP contribution >= 0.6 is 0 Å². The quantitative estimate of drug-likeness (QED) is 0.267. The van der Waals surface area contributed by atoms with Gasteiger partial charge in [-0.05, 0) is 67.4 Å². The molecule has 0 radical (unpaired) electrons. The van der Waals surface area contributed by atoms with Gasteiger partial charge in [-0.25, -0.2) is 9.78 Å². The van der Waals surface area contributed by atoms with Crippen molar-refractivity contribution in [1.82, 2.24) is 15.0 Å². The van der Waals surface area contributed by atoms with E-state index in [1.807, 2.05) is 55.5 Å². The van der Waals surface area contributed by atoms with Crippen LogP contribution in [0.15, 0.2) is 79.5 Å². The molecule has 7 nitrogen and oxygen atoms in total. The molecule has 0 aliphatic carbocycles. The van der Waals surface area contributed by atoms with Crippen molar-refractivity contribution in [3.8, 4) is 28.1 Å². The van der Waals surface area contributed by atoms with Gasteiger partial charge in [0.2, 0.25) is 6.10 Å². The average molecular weight is 504 g/mol. The minimum Gasteiger partial charge on any atom is -0.493 e. The van der Waals surface area contributed by atoms with Crippen molar-refractivity contribution in [3.63, 3.8) is 0 Å². The van der Waals surface area contributed by atoms with Crippen LogP contribution in [0.5, 0.6) is 5.75 Å². The summed E-state index contributed by atoms with van der Waals surface area (Å²) in [6.07, 6.45) is 4.82. The first-order valence-electron chi connectivity index (χ1n) is 12.4. The number of ether oxygens (including phenoxy) is 2. The Morgan fingerprint density at radius 2 is 2.03 bits per heavy atom. The maximum Gasteiger partial charge on any atom is 0.349 e. The Hall–Kier alpha value is -4.78. The molecule has 0 spiro atoms. The van der Waals surface area contributed by atoms with Gasteiger partial charge in [0.15, 0.2) is 0 Å². The highest BCUT2D eigenvalue weighted by Gasteiger charge is 2.30. The number of allylic oxidation sites excluding steroid dienone is 1. The van der Waals surface area contributed by atoms with Crippen molar-refractivity contribution in [2.75, 3.05) is 6.61 Å². The summed E-state index contributed by atoms with van der Waals surface area (Å²) >= 11 is 0. The summed E-state index contributed by atoms with van der Waals surface area (Å²) in [7, 11) is 0. The Bertz CT molecular complexity index is 1740. The molecule has 0 saturated carbocycles. The van der Waals surface area contributed by atoms with Gasteiger partial charge in [0.1, 0.15) is 5.75 Å². The number of aromatic nitrogens is 3. The summed E-state index contributed by atoms with van der Waals surface area (Å²) in [6.45, 7) is 7.94. The molecule has 3 aromatic heterocycles. The summed E-state index contributed by atoms with van der Waals surface area (Å²) in [5, 5.41) is 12.0. The fourth-order valence-electron chi connectivity index (χ4n) is 5.26. The maximum atomic E-state index is 12.5. The van der Waals surface area contributed by atoms with Gasteiger partial charge in [-0.1, -0.05) is 12.6 Å². The lowest BCUT2D eigenvalue weighted by Gasteiger charge is -2.24. The van der Waals surface area contributed by atoms with E-state index in [-0.39, 0.29) is 0 Å². The average Bonchev–Trinajstić information content (AvgIpc) is 2.92. The molecule has 38 heavy (non-hydrogen) atoms. The molecular weight excluding hydrogens is 478 g/mol. The molecule has 1 aliphatic rings. The molecule has 0 fully saturated rings. The van der Waals surface area contributed by atoms with Crippen molar-refractivity contribution in [1.29, 1.82) is 0 Å². The van der Waals surface area contributed by atoms with Crippen LogP contribution in [0.4, 0.5) is 0 Å². The number of nitrogens with zero attached hydrogens (tertiary/aromatic N) is 3. The second kappa shape index (κ2) is 9.27. The molecule has 0 bridgehead atoms. The molecule has 2 aromatic carbocycles. The van der Waals surface area contributed by atoms with Crippen molar-refractivity contribution in [3.05, 3.63) is 96.1 Å². The van der Waals surface area contributed by atoms with Gasteiger partial charge in [-0.3, -0.25) is 9.97 Å². The number of benzene rings is 2. The molecule has 6 rings (SSSR count). The maximum absolute atomic E-state index is 12.5. The molecule has 0 amide bonds. The second-order valence-corrected chi connectivity index (χ2v) is 9.43. The lowest BCUT2D eigenvalue weighted by molar-refractivity contribution is -0.148. The molecule has 0 saturated heterocycles. The van der Waals surface area contributed by atoms with E-state index < -0.39 is 12.1 Å². The smallest absolute Gasteiger partial charge is 0.349 e. The SMILES string of the molecule is C=C(C)O[C@H](C(=O)O)c1c(C)cc2nc(-c3cccnc3)ccc2c1-c1ccc2c3c(ccnc13)CCO2. The highest BCUT2D eigenvalue weighted by atomic mass is 16.5. The molecule has 7 heteroatoms. The monoisotopic (exact) mass is 503 g/mol. The van der Waals surface area contributed by atoms with Gasteiger partial charge in [0.05, 0.1) is 29.1 Å². The molecule has 1 aliphatic heterocycles. The fraction of sp³-hybridized carbons (Fsp3) is 0.161. The molecule has 1 atom stereocenters. The van der Waals surface area contributed by atoms with E-state index in [2.05, 4.69) is 11.6 Å². The third-order valence-corrected chi connectivity index (χ3v) is 6.84. The van der Waals surface area contributed by atoms with Crippen molar-refractivity contribution in [2.24, 2.45) is 0 Å². The summed E-state index contributed by atoms with van der Waals surface area (Å²) < 4.78 is 11.7. The Morgan fingerprint density at radius 3 is 2.79 bits per heavy atom. The van der Waals surface area contributed by atoms with Crippen LogP contribution in [-0.4, -0.2) is 32.6 Å². The van der Waals surface area contributed by atoms with Gasteiger partial charge < -0.3 is 14.6 Å². The van der Waals surface area contributed by atoms with Crippen LogP contribution in [0.1, 0.15) is 29.7 Å². The van der Waals surface area contributed by atoms with Gasteiger partial charge >= 0.3 is 5.97 Å². The predicted octanol–water partition coefficient (Wildman–Crippen LogP) is 6.43. The van der Waals surface area contributed by atoms with Crippen LogP contribution in [0.25, 0.3) is 44.2 Å². The predicted molar refractivity (Wildman–Crippen MR) is 146 cm³/mol. The zero-order chi connectivity index (χ0) is 26.4. The lowest BCUT2D eigenvalue weighted by Crippen LogP contribution is -2.17. The molecule has 4 heterocycles. The first kappa shape index (κ1) is 23.6. The van der Waals surface area contributed by atoms with Crippen LogP contribution in [0.3, 0.4) is 0 Å². The van der Waals surface area contributed by atoms with Crippen molar-refractivity contribution >= 4 is 27.8 Å². The summed E-state index contributed by atoms with van der Waals surface area (Å²) in [4.78, 5) is 26.5. The summed E-state index contributed by atoms with van der Waals surface area (Å²) in [5.41, 5.74) is 7.13. The van der Waals surface area contributed by atoms with Crippen molar-refractivity contribution in [2.45, 2.75) is 26.4 Å². The number of hydrogen-bond donors (Lipinski definition) is 1. The first-order valence-corrected chi connectivity index (χ1v) is 12.4. The molecule has 1 N–H and O–H groups in total. The summed E-state index contributed by atoms with van der Waals surface area (Å²) in [5.74, 6) is -0.00597. The minimum atomic E-state index is -1.26. The van der Waals surface area contributed by atoms with E-state index in [0.717, 1.165) is 67.5 Å². The van der Waals surface area contributed by atoms with Crippen LogP contribution in [0, 0.1) is 6.92 Å². The number of carbonyl (C=O) groups is 1. The van der Waals surface area contributed by atoms with Gasteiger partial charge in [-0.15, -0.1) is 0 Å². The number of aliphatic carboxylic acids is 1. The number of hydrogen-bond acceptors (Lipinski definition) is 6. The van der Waals surface area contributed by atoms with E-state index in [0.29, 0.717) is 17.9 Å². The van der Waals surface area contributed by atoms with Crippen molar-refractivity contribution < 1.29 is 19.4 Å². The number of fused-ring (bicyclic) bond motifs is 1. The minimum absolute atomic E-state index is 0.316. The number of carboxylic acids is 1. The third kappa shape index (κ3) is 3.93. The zero-order valence-corrected chi connectivity index (χ0v) is 21.1. The standard InChI is InChI=1S/C31H25N3O4/c1-17(2)38-30(31(35)36)26-18(3)15-24-21(6-8-23(34-24)20-5-4-12-32-16-20)28(26)22-7-9-25-27-19(11-14-37-25)10-13-33-29(22)27/h4-10,12-13,15-16,30H,1,11,14H2,2-3H3,(H,35,36)/t30-/m0/s1. The summed E-state index contributed by atoms with van der Waals surface area (Å²) in [6, 6.07) is 15.6. The Balaban J connectivity index is 1.71.